The van der Waals surface area contributed by atoms with Crippen LogP contribution in [0.4, 0.5) is 0 Å². The fraction of sp³-hybridized carbons (Fsp3) is 0.143. The molecule has 0 saturated heterocycles. The summed E-state index contributed by atoms with van der Waals surface area (Å²) in [6.07, 6.45) is 8.05. The Kier molecular flexibility index (Phi) is 6.11. The first-order chi connectivity index (χ1) is 8.33. The van der Waals surface area contributed by atoms with E-state index >= 15 is 0 Å². The highest BCUT2D eigenvalue weighted by Crippen LogP contribution is 1.99. The minimum Gasteiger partial charge on any atom is -0.463 e. The molecule has 1 aromatic carbocycles. The topological polar surface area (TPSA) is 38.7 Å². The second-order valence-electron chi connectivity index (χ2n) is 3.14. The average molecular weight is 229 g/mol. The van der Waals surface area contributed by atoms with Crippen molar-refractivity contribution in [2.45, 2.75) is 6.92 Å². The van der Waals surface area contributed by atoms with Crippen LogP contribution in [0.5, 0.6) is 0 Å². The Morgan fingerprint density at radius 1 is 1.35 bits per heavy atom. The van der Waals surface area contributed by atoms with Crippen molar-refractivity contribution in [1.82, 2.24) is 0 Å². The van der Waals surface area contributed by atoms with Gasteiger partial charge in [-0.1, -0.05) is 36.4 Å². The molecule has 0 atom stereocenters. The molecule has 0 N–H and O–H groups in total. The quantitative estimate of drug-likeness (QED) is 0.442. The Hall–Kier alpha value is -2.16. The number of carbonyl (C=O) groups excluding carboxylic acids is 1. The number of rotatable bonds is 5. The molecule has 88 valence electrons. The summed E-state index contributed by atoms with van der Waals surface area (Å²) in [6.45, 7) is 2.14. The van der Waals surface area contributed by atoms with Gasteiger partial charge in [-0.25, -0.2) is 4.79 Å². The van der Waals surface area contributed by atoms with Crippen LogP contribution in [0.3, 0.4) is 0 Å². The second kappa shape index (κ2) is 8.05. The Labute approximate surface area is 101 Å². The lowest BCUT2D eigenvalue weighted by Crippen LogP contribution is -1.98. The number of hydrogen-bond donors (Lipinski definition) is 0. The van der Waals surface area contributed by atoms with Gasteiger partial charge in [-0.05, 0) is 18.6 Å². The van der Waals surface area contributed by atoms with Gasteiger partial charge in [-0.3, -0.25) is 4.99 Å². The summed E-state index contributed by atoms with van der Waals surface area (Å²) in [5, 5.41) is 0. The van der Waals surface area contributed by atoms with E-state index in [1.807, 2.05) is 42.5 Å². The predicted octanol–water partition coefficient (Wildman–Crippen LogP) is 2.85. The van der Waals surface area contributed by atoms with Crippen molar-refractivity contribution < 1.29 is 9.53 Å². The van der Waals surface area contributed by atoms with Crippen LogP contribution < -0.4 is 0 Å². The molecule has 0 amide bonds. The fourth-order valence-corrected chi connectivity index (χ4v) is 1.11. The first-order valence-corrected chi connectivity index (χ1v) is 5.41. The van der Waals surface area contributed by atoms with Crippen LogP contribution in [0.2, 0.25) is 0 Å². The van der Waals surface area contributed by atoms with Crippen molar-refractivity contribution in [2.75, 3.05) is 6.61 Å². The molecule has 0 heterocycles. The van der Waals surface area contributed by atoms with E-state index in [9.17, 15) is 4.79 Å². The molecule has 0 unspecified atom stereocenters. The third-order valence-corrected chi connectivity index (χ3v) is 1.84. The van der Waals surface area contributed by atoms with Crippen LogP contribution in [0.25, 0.3) is 6.08 Å². The van der Waals surface area contributed by atoms with Crippen molar-refractivity contribution in [3.8, 4) is 0 Å². The van der Waals surface area contributed by atoms with Gasteiger partial charge in [-0.15, -0.1) is 0 Å². The molecule has 1 rings (SSSR count). The zero-order valence-electron chi connectivity index (χ0n) is 9.74. The predicted molar refractivity (Wildman–Crippen MR) is 69.7 cm³/mol. The molecule has 0 aliphatic heterocycles. The third kappa shape index (κ3) is 6.10. The van der Waals surface area contributed by atoms with E-state index in [1.165, 1.54) is 12.3 Å². The van der Waals surface area contributed by atoms with Gasteiger partial charge in [0.15, 0.2) is 0 Å². The largest absolute Gasteiger partial charge is 0.463 e. The minimum absolute atomic E-state index is 0.376. The number of hydrogen-bond acceptors (Lipinski definition) is 3. The molecule has 0 aliphatic rings. The van der Waals surface area contributed by atoms with Gasteiger partial charge in [0, 0.05) is 18.5 Å². The maximum Gasteiger partial charge on any atom is 0.332 e. The first kappa shape index (κ1) is 12.9. The Morgan fingerprint density at radius 2 is 2.12 bits per heavy atom. The molecule has 0 spiro atoms. The molecule has 0 saturated carbocycles. The van der Waals surface area contributed by atoms with E-state index in [-0.39, 0.29) is 5.97 Å². The number of benzene rings is 1. The maximum atomic E-state index is 10.9. The van der Waals surface area contributed by atoms with E-state index < -0.39 is 0 Å². The second-order valence-corrected chi connectivity index (χ2v) is 3.14. The molecule has 17 heavy (non-hydrogen) atoms. The Morgan fingerprint density at radius 3 is 2.82 bits per heavy atom. The zero-order chi connectivity index (χ0) is 12.3. The molecular formula is C14H15NO2. The SMILES string of the molecule is CCOC(=O)/C=C/N=C/C=C/c1ccccc1. The monoisotopic (exact) mass is 229 g/mol. The molecule has 0 fully saturated rings. The highest BCUT2D eigenvalue weighted by atomic mass is 16.5. The number of nitrogens with zero attached hydrogens (tertiary/aromatic N) is 1. The normalized spacial score (nSPS) is 11.6. The van der Waals surface area contributed by atoms with Crippen LogP contribution in [0.15, 0.2) is 53.7 Å². The van der Waals surface area contributed by atoms with Crippen molar-refractivity contribution in [3.63, 3.8) is 0 Å². The van der Waals surface area contributed by atoms with Crippen molar-refractivity contribution in [2.24, 2.45) is 4.99 Å². The number of carbonyl (C=O) groups is 1. The summed E-state index contributed by atoms with van der Waals surface area (Å²) in [7, 11) is 0. The van der Waals surface area contributed by atoms with Crippen LogP contribution in [-0.2, 0) is 9.53 Å². The lowest BCUT2D eigenvalue weighted by atomic mass is 10.2. The molecule has 0 bridgehead atoms. The maximum absolute atomic E-state index is 10.9. The molecule has 3 nitrogen and oxygen atoms in total. The highest BCUT2D eigenvalue weighted by molar-refractivity contribution is 5.83. The van der Waals surface area contributed by atoms with Gasteiger partial charge in [0.25, 0.3) is 0 Å². The lowest BCUT2D eigenvalue weighted by molar-refractivity contribution is -0.137. The third-order valence-electron chi connectivity index (χ3n) is 1.84. The summed E-state index contributed by atoms with van der Waals surface area (Å²) < 4.78 is 4.70. The summed E-state index contributed by atoms with van der Waals surface area (Å²) in [5.74, 6) is -0.378. The van der Waals surface area contributed by atoms with Crippen LogP contribution in [-0.4, -0.2) is 18.8 Å². The average Bonchev–Trinajstić information content (AvgIpc) is 2.35. The van der Waals surface area contributed by atoms with Gasteiger partial charge in [0.1, 0.15) is 0 Å². The number of esters is 1. The van der Waals surface area contributed by atoms with E-state index in [1.54, 1.807) is 13.1 Å². The van der Waals surface area contributed by atoms with Gasteiger partial charge in [0.2, 0.25) is 0 Å². The molecule has 0 radical (unpaired) electrons. The van der Waals surface area contributed by atoms with Crippen LogP contribution in [0, 0.1) is 0 Å². The summed E-state index contributed by atoms with van der Waals surface area (Å²) in [6, 6.07) is 9.90. The van der Waals surface area contributed by atoms with Crippen LogP contribution >= 0.6 is 0 Å². The van der Waals surface area contributed by atoms with Gasteiger partial charge in [0.05, 0.1) is 6.61 Å². The molecule has 0 aliphatic carbocycles. The summed E-state index contributed by atoms with van der Waals surface area (Å²) >= 11 is 0. The smallest absolute Gasteiger partial charge is 0.332 e. The van der Waals surface area contributed by atoms with Crippen molar-refractivity contribution >= 4 is 18.3 Å². The summed E-state index contributed by atoms with van der Waals surface area (Å²) in [5.41, 5.74) is 1.10. The van der Waals surface area contributed by atoms with E-state index in [2.05, 4.69) is 4.99 Å². The van der Waals surface area contributed by atoms with E-state index in [4.69, 9.17) is 4.74 Å². The Bertz CT molecular complexity index is 419. The standard InChI is InChI=1S/C14H15NO2/c1-2-17-14(16)10-12-15-11-6-9-13-7-4-3-5-8-13/h3-12H,2H2,1H3/b9-6+,12-10+,15-11+. The number of aliphatic imine (C=N–C) groups is 1. The first-order valence-electron chi connectivity index (χ1n) is 5.41. The van der Waals surface area contributed by atoms with Gasteiger partial charge < -0.3 is 4.74 Å². The fourth-order valence-electron chi connectivity index (χ4n) is 1.11. The number of allylic oxidation sites excluding steroid dienone is 1. The van der Waals surface area contributed by atoms with Gasteiger partial charge in [-0.2, -0.15) is 0 Å². The highest BCUT2D eigenvalue weighted by Gasteiger charge is 1.90. The Balaban J connectivity index is 2.36. The van der Waals surface area contributed by atoms with Crippen molar-refractivity contribution in [3.05, 3.63) is 54.2 Å². The van der Waals surface area contributed by atoms with Crippen molar-refractivity contribution in [1.29, 1.82) is 0 Å². The zero-order valence-corrected chi connectivity index (χ0v) is 9.74. The van der Waals surface area contributed by atoms with Gasteiger partial charge >= 0.3 is 5.97 Å². The molecular weight excluding hydrogens is 214 g/mol. The molecule has 0 aromatic heterocycles. The summed E-state index contributed by atoms with van der Waals surface area (Å²) in [4.78, 5) is 14.8. The molecule has 1 aromatic rings. The van der Waals surface area contributed by atoms with E-state index in [0.717, 1.165) is 5.56 Å². The van der Waals surface area contributed by atoms with E-state index in [0.29, 0.717) is 6.61 Å². The lowest BCUT2D eigenvalue weighted by Gasteiger charge is -1.92. The molecule has 3 heteroatoms. The minimum atomic E-state index is -0.378. The van der Waals surface area contributed by atoms with Crippen LogP contribution in [0.1, 0.15) is 12.5 Å². The number of ether oxygens (including phenoxy) is 1.